The molecule has 6 aromatic rings. The van der Waals surface area contributed by atoms with E-state index in [4.69, 9.17) is 5.26 Å². The van der Waals surface area contributed by atoms with Crippen LogP contribution in [0.4, 0.5) is 0 Å². The maximum atomic E-state index is 9.17. The SMILES string of the molecule is N#Cc1ccc(-c2cc(-c3ccccc3)cc(-n3c4ccccc4c4ccccc43)c2)nc1. The molecule has 0 unspecified atom stereocenters. The summed E-state index contributed by atoms with van der Waals surface area (Å²) in [7, 11) is 0. The van der Waals surface area contributed by atoms with Gasteiger partial charge in [-0.1, -0.05) is 66.7 Å². The minimum atomic E-state index is 0.556. The molecular formula is C30H19N3. The van der Waals surface area contributed by atoms with E-state index in [-0.39, 0.29) is 0 Å². The Morgan fingerprint density at radius 1 is 0.606 bits per heavy atom. The summed E-state index contributed by atoms with van der Waals surface area (Å²) in [5, 5.41) is 11.6. The smallest absolute Gasteiger partial charge is 0.101 e. The zero-order valence-corrected chi connectivity index (χ0v) is 17.8. The Bertz CT molecular complexity index is 1600. The molecule has 0 saturated heterocycles. The Balaban J connectivity index is 1.66. The first-order valence-electron chi connectivity index (χ1n) is 10.9. The van der Waals surface area contributed by atoms with E-state index in [2.05, 4.69) is 107 Å². The molecule has 154 valence electrons. The number of rotatable bonds is 3. The van der Waals surface area contributed by atoms with Crippen LogP contribution in [-0.2, 0) is 0 Å². The molecule has 2 aromatic heterocycles. The van der Waals surface area contributed by atoms with Gasteiger partial charge in [-0.2, -0.15) is 5.26 Å². The second-order valence-electron chi connectivity index (χ2n) is 8.05. The van der Waals surface area contributed by atoms with Crippen molar-refractivity contribution in [2.45, 2.75) is 0 Å². The molecular weight excluding hydrogens is 402 g/mol. The standard InChI is InChI=1S/C30H19N3/c31-19-21-14-15-28(32-20-21)24-16-23(22-8-2-1-3-9-22)17-25(18-24)33-29-12-6-4-10-26(29)27-11-5-7-13-30(27)33/h1-18,20H. The van der Waals surface area contributed by atoms with Crippen molar-refractivity contribution in [2.24, 2.45) is 0 Å². The molecule has 3 heteroatoms. The molecule has 0 atom stereocenters. The third kappa shape index (κ3) is 3.26. The molecule has 33 heavy (non-hydrogen) atoms. The fourth-order valence-electron chi connectivity index (χ4n) is 4.52. The Hall–Kier alpha value is -4.68. The van der Waals surface area contributed by atoms with E-state index in [0.29, 0.717) is 5.56 Å². The van der Waals surface area contributed by atoms with Crippen LogP contribution in [0, 0.1) is 11.3 Å². The van der Waals surface area contributed by atoms with E-state index in [1.165, 1.54) is 21.8 Å². The van der Waals surface area contributed by atoms with Crippen LogP contribution < -0.4 is 0 Å². The summed E-state index contributed by atoms with van der Waals surface area (Å²) in [6, 6.07) is 39.9. The molecule has 0 aliphatic carbocycles. The molecule has 0 saturated carbocycles. The molecule has 0 aliphatic heterocycles. The maximum Gasteiger partial charge on any atom is 0.101 e. The Kier molecular flexibility index (Phi) is 4.49. The molecule has 0 spiro atoms. The van der Waals surface area contributed by atoms with Gasteiger partial charge in [0.25, 0.3) is 0 Å². The zero-order valence-electron chi connectivity index (χ0n) is 17.8. The van der Waals surface area contributed by atoms with E-state index >= 15 is 0 Å². The average Bonchev–Trinajstić information content (AvgIpc) is 3.23. The van der Waals surface area contributed by atoms with Gasteiger partial charge in [-0.15, -0.1) is 0 Å². The van der Waals surface area contributed by atoms with Gasteiger partial charge in [-0.3, -0.25) is 4.98 Å². The second kappa shape index (κ2) is 7.78. The topological polar surface area (TPSA) is 41.6 Å². The van der Waals surface area contributed by atoms with Crippen LogP contribution in [0.2, 0.25) is 0 Å². The van der Waals surface area contributed by atoms with Gasteiger partial charge in [0.05, 0.1) is 22.3 Å². The normalized spacial score (nSPS) is 11.0. The summed E-state index contributed by atoms with van der Waals surface area (Å²) in [6.07, 6.45) is 1.63. The first kappa shape index (κ1) is 19.0. The average molecular weight is 422 g/mol. The summed E-state index contributed by atoms with van der Waals surface area (Å²) >= 11 is 0. The van der Waals surface area contributed by atoms with E-state index in [1.54, 1.807) is 6.20 Å². The van der Waals surface area contributed by atoms with Crippen LogP contribution in [0.5, 0.6) is 0 Å². The molecule has 2 heterocycles. The lowest BCUT2D eigenvalue weighted by molar-refractivity contribution is 1.18. The Labute approximate surface area is 191 Å². The van der Waals surface area contributed by atoms with Crippen LogP contribution >= 0.6 is 0 Å². The van der Waals surface area contributed by atoms with Crippen LogP contribution in [0.1, 0.15) is 5.56 Å². The highest BCUT2D eigenvalue weighted by molar-refractivity contribution is 6.09. The summed E-state index contributed by atoms with van der Waals surface area (Å²) in [4.78, 5) is 4.57. The predicted molar refractivity (Wildman–Crippen MR) is 134 cm³/mol. The Morgan fingerprint density at radius 2 is 1.24 bits per heavy atom. The monoisotopic (exact) mass is 421 g/mol. The van der Waals surface area contributed by atoms with Crippen molar-refractivity contribution in [3.8, 4) is 34.1 Å². The highest BCUT2D eigenvalue weighted by Crippen LogP contribution is 2.35. The zero-order chi connectivity index (χ0) is 22.2. The highest BCUT2D eigenvalue weighted by atomic mass is 15.0. The lowest BCUT2D eigenvalue weighted by Gasteiger charge is -2.13. The molecule has 6 rings (SSSR count). The molecule has 0 aliphatic rings. The third-order valence-corrected chi connectivity index (χ3v) is 6.05. The fourth-order valence-corrected chi connectivity index (χ4v) is 4.52. The summed E-state index contributed by atoms with van der Waals surface area (Å²) in [5.74, 6) is 0. The number of benzene rings is 4. The van der Waals surface area contributed by atoms with E-state index in [9.17, 15) is 0 Å². The number of aromatic nitrogens is 2. The number of fused-ring (bicyclic) bond motifs is 3. The number of hydrogen-bond acceptors (Lipinski definition) is 2. The van der Waals surface area contributed by atoms with Crippen molar-refractivity contribution in [3.63, 3.8) is 0 Å². The number of pyridine rings is 1. The molecule has 0 N–H and O–H groups in total. The van der Waals surface area contributed by atoms with Crippen LogP contribution in [0.15, 0.2) is 115 Å². The first-order chi connectivity index (χ1) is 16.3. The van der Waals surface area contributed by atoms with Crippen molar-refractivity contribution in [3.05, 3.63) is 121 Å². The van der Waals surface area contributed by atoms with Gasteiger partial charge in [-0.05, 0) is 53.6 Å². The summed E-state index contributed by atoms with van der Waals surface area (Å²) in [5.41, 5.74) is 8.10. The molecule has 0 bridgehead atoms. The number of nitrogens with zero attached hydrogens (tertiary/aromatic N) is 3. The van der Waals surface area contributed by atoms with Gasteiger partial charge >= 0.3 is 0 Å². The van der Waals surface area contributed by atoms with Gasteiger partial charge in [0.2, 0.25) is 0 Å². The van der Waals surface area contributed by atoms with Crippen LogP contribution in [0.25, 0.3) is 49.9 Å². The first-order valence-corrected chi connectivity index (χ1v) is 10.9. The predicted octanol–water partition coefficient (Wildman–Crippen LogP) is 7.38. The van der Waals surface area contributed by atoms with Crippen molar-refractivity contribution in [1.29, 1.82) is 5.26 Å². The number of nitriles is 1. The van der Waals surface area contributed by atoms with Crippen molar-refractivity contribution in [1.82, 2.24) is 9.55 Å². The number of para-hydroxylation sites is 2. The van der Waals surface area contributed by atoms with Crippen LogP contribution in [0.3, 0.4) is 0 Å². The van der Waals surface area contributed by atoms with Gasteiger partial charge in [0.15, 0.2) is 0 Å². The molecule has 0 fully saturated rings. The van der Waals surface area contributed by atoms with Gasteiger partial charge in [0.1, 0.15) is 6.07 Å². The largest absolute Gasteiger partial charge is 0.309 e. The maximum absolute atomic E-state index is 9.17. The minimum absolute atomic E-state index is 0.556. The quantitative estimate of drug-likeness (QED) is 0.299. The molecule has 0 radical (unpaired) electrons. The Morgan fingerprint density at radius 3 is 1.88 bits per heavy atom. The lowest BCUT2D eigenvalue weighted by atomic mass is 10.00. The number of hydrogen-bond donors (Lipinski definition) is 0. The van der Waals surface area contributed by atoms with Crippen molar-refractivity contribution in [2.75, 3.05) is 0 Å². The van der Waals surface area contributed by atoms with E-state index < -0.39 is 0 Å². The van der Waals surface area contributed by atoms with Gasteiger partial charge < -0.3 is 4.57 Å². The van der Waals surface area contributed by atoms with Crippen LogP contribution in [-0.4, -0.2) is 9.55 Å². The van der Waals surface area contributed by atoms with Gasteiger partial charge in [-0.25, -0.2) is 0 Å². The van der Waals surface area contributed by atoms with Crippen molar-refractivity contribution >= 4 is 21.8 Å². The van der Waals surface area contributed by atoms with E-state index in [1.807, 2.05) is 18.2 Å². The summed E-state index contributed by atoms with van der Waals surface area (Å²) < 4.78 is 2.32. The van der Waals surface area contributed by atoms with E-state index in [0.717, 1.165) is 28.1 Å². The highest BCUT2D eigenvalue weighted by Gasteiger charge is 2.14. The third-order valence-electron chi connectivity index (χ3n) is 6.05. The van der Waals surface area contributed by atoms with Gasteiger partial charge in [0, 0.05) is 28.2 Å². The lowest BCUT2D eigenvalue weighted by Crippen LogP contribution is -1.96. The molecule has 0 amide bonds. The second-order valence-corrected chi connectivity index (χ2v) is 8.05. The molecule has 4 aromatic carbocycles. The fraction of sp³-hybridized carbons (Fsp3) is 0. The van der Waals surface area contributed by atoms with Crippen molar-refractivity contribution < 1.29 is 0 Å². The molecule has 3 nitrogen and oxygen atoms in total. The minimum Gasteiger partial charge on any atom is -0.309 e. The summed E-state index contributed by atoms with van der Waals surface area (Å²) in [6.45, 7) is 0.